The second-order valence-corrected chi connectivity index (χ2v) is 4.06. The van der Waals surface area contributed by atoms with Crippen molar-refractivity contribution in [1.82, 2.24) is 4.98 Å². The first-order valence-corrected chi connectivity index (χ1v) is 5.27. The fourth-order valence-corrected chi connectivity index (χ4v) is 1.60. The lowest BCUT2D eigenvalue weighted by molar-refractivity contribution is 0.623. The Bertz CT molecular complexity index is 538. The normalized spacial score (nSPS) is 10.4. The van der Waals surface area contributed by atoms with Crippen LogP contribution in [0.2, 0.25) is 5.02 Å². The molecule has 0 aliphatic rings. The molecule has 0 unspecified atom stereocenters. The number of aromatic nitrogens is 1. The largest absolute Gasteiger partial charge is 0.338 e. The predicted octanol–water partition coefficient (Wildman–Crippen LogP) is 4.07. The van der Waals surface area contributed by atoms with Crippen LogP contribution in [0.15, 0.2) is 30.5 Å². The SMILES string of the molecule is Cc1cc(F)cc(Nc2ncc(Cl)cc2F)c1. The predicted molar refractivity (Wildman–Crippen MR) is 63.6 cm³/mol. The van der Waals surface area contributed by atoms with Gasteiger partial charge >= 0.3 is 0 Å². The number of halogens is 3. The average Bonchev–Trinajstić information content (AvgIpc) is 2.21. The molecule has 1 N–H and O–H groups in total. The molecule has 2 aromatic rings. The number of nitrogens with one attached hydrogen (secondary N) is 1. The van der Waals surface area contributed by atoms with Crippen molar-refractivity contribution in [1.29, 1.82) is 0 Å². The van der Waals surface area contributed by atoms with Crippen LogP contribution in [0.1, 0.15) is 5.56 Å². The summed E-state index contributed by atoms with van der Waals surface area (Å²) in [6.45, 7) is 1.75. The van der Waals surface area contributed by atoms with E-state index in [1.807, 2.05) is 0 Å². The van der Waals surface area contributed by atoms with Gasteiger partial charge in [-0.1, -0.05) is 11.6 Å². The molecule has 0 spiro atoms. The van der Waals surface area contributed by atoms with Gasteiger partial charge in [0.1, 0.15) is 5.82 Å². The molecule has 88 valence electrons. The van der Waals surface area contributed by atoms with Gasteiger partial charge in [0.2, 0.25) is 0 Å². The molecule has 1 heterocycles. The van der Waals surface area contributed by atoms with Crippen LogP contribution in [-0.4, -0.2) is 4.98 Å². The fourth-order valence-electron chi connectivity index (χ4n) is 1.45. The van der Waals surface area contributed by atoms with E-state index in [4.69, 9.17) is 11.6 Å². The summed E-state index contributed by atoms with van der Waals surface area (Å²) in [6.07, 6.45) is 1.32. The summed E-state index contributed by atoms with van der Waals surface area (Å²) in [5.74, 6) is -0.958. The molecular weight excluding hydrogens is 246 g/mol. The third kappa shape index (κ3) is 2.91. The smallest absolute Gasteiger partial charge is 0.167 e. The Hall–Kier alpha value is -1.68. The van der Waals surface area contributed by atoms with Gasteiger partial charge in [-0.3, -0.25) is 0 Å². The monoisotopic (exact) mass is 254 g/mol. The van der Waals surface area contributed by atoms with E-state index in [9.17, 15) is 8.78 Å². The number of benzene rings is 1. The van der Waals surface area contributed by atoms with Crippen molar-refractivity contribution in [3.05, 3.63) is 52.7 Å². The number of aryl methyl sites for hydroxylation is 1. The molecule has 0 saturated carbocycles. The summed E-state index contributed by atoms with van der Waals surface area (Å²) in [5, 5.41) is 2.91. The number of anilines is 2. The molecule has 1 aromatic heterocycles. The van der Waals surface area contributed by atoms with Gasteiger partial charge in [0.25, 0.3) is 0 Å². The second kappa shape index (κ2) is 4.67. The van der Waals surface area contributed by atoms with Crippen LogP contribution in [0.4, 0.5) is 20.3 Å². The number of nitrogens with zero attached hydrogens (tertiary/aromatic N) is 1. The maximum absolute atomic E-state index is 13.4. The Labute approximate surface area is 102 Å². The lowest BCUT2D eigenvalue weighted by Gasteiger charge is -2.07. The summed E-state index contributed by atoms with van der Waals surface area (Å²) >= 11 is 5.58. The van der Waals surface area contributed by atoms with E-state index >= 15 is 0 Å². The lowest BCUT2D eigenvalue weighted by atomic mass is 10.2. The van der Waals surface area contributed by atoms with Crippen molar-refractivity contribution >= 4 is 23.1 Å². The minimum absolute atomic E-state index is 0.0133. The first kappa shape index (κ1) is 11.8. The van der Waals surface area contributed by atoms with Gasteiger partial charge in [0, 0.05) is 11.9 Å². The van der Waals surface area contributed by atoms with E-state index in [-0.39, 0.29) is 16.7 Å². The summed E-state index contributed by atoms with van der Waals surface area (Å²) in [4.78, 5) is 3.79. The average molecular weight is 255 g/mol. The van der Waals surface area contributed by atoms with Crippen molar-refractivity contribution in [2.75, 3.05) is 5.32 Å². The van der Waals surface area contributed by atoms with Gasteiger partial charge in [0.05, 0.1) is 5.02 Å². The van der Waals surface area contributed by atoms with Gasteiger partial charge in [0.15, 0.2) is 11.6 Å². The van der Waals surface area contributed by atoms with Gasteiger partial charge in [-0.25, -0.2) is 13.8 Å². The Morgan fingerprint density at radius 2 is 1.94 bits per heavy atom. The summed E-state index contributed by atoms with van der Waals surface area (Å²) in [6, 6.07) is 5.49. The zero-order valence-corrected chi connectivity index (χ0v) is 9.72. The van der Waals surface area contributed by atoms with Crippen LogP contribution >= 0.6 is 11.6 Å². The Kier molecular flexibility index (Phi) is 3.24. The van der Waals surface area contributed by atoms with Crippen LogP contribution in [0, 0.1) is 18.6 Å². The van der Waals surface area contributed by atoms with Gasteiger partial charge < -0.3 is 5.32 Å². The third-order valence-electron chi connectivity index (χ3n) is 2.11. The lowest BCUT2D eigenvalue weighted by Crippen LogP contribution is -1.97. The molecule has 5 heteroatoms. The van der Waals surface area contributed by atoms with Crippen molar-refractivity contribution in [2.24, 2.45) is 0 Å². The minimum Gasteiger partial charge on any atom is -0.338 e. The van der Waals surface area contributed by atoms with E-state index in [1.54, 1.807) is 13.0 Å². The van der Waals surface area contributed by atoms with Gasteiger partial charge in [-0.05, 0) is 36.8 Å². The van der Waals surface area contributed by atoms with E-state index in [2.05, 4.69) is 10.3 Å². The van der Waals surface area contributed by atoms with Crippen LogP contribution in [-0.2, 0) is 0 Å². The second-order valence-electron chi connectivity index (χ2n) is 3.63. The number of hydrogen-bond acceptors (Lipinski definition) is 2. The molecule has 1 aromatic carbocycles. The fraction of sp³-hybridized carbons (Fsp3) is 0.0833. The Morgan fingerprint density at radius 1 is 1.18 bits per heavy atom. The molecule has 0 aliphatic carbocycles. The highest BCUT2D eigenvalue weighted by molar-refractivity contribution is 6.30. The number of hydrogen-bond donors (Lipinski definition) is 1. The third-order valence-corrected chi connectivity index (χ3v) is 2.32. The zero-order valence-electron chi connectivity index (χ0n) is 8.97. The molecule has 0 atom stereocenters. The molecule has 2 rings (SSSR count). The van der Waals surface area contributed by atoms with Crippen LogP contribution in [0.5, 0.6) is 0 Å². The summed E-state index contributed by atoms with van der Waals surface area (Å²) in [5.41, 5.74) is 1.18. The number of rotatable bonds is 2. The highest BCUT2D eigenvalue weighted by atomic mass is 35.5. The topological polar surface area (TPSA) is 24.9 Å². The highest BCUT2D eigenvalue weighted by Crippen LogP contribution is 2.21. The first-order valence-electron chi connectivity index (χ1n) is 4.90. The first-order chi connectivity index (χ1) is 8.04. The standard InChI is InChI=1S/C12H9ClF2N2/c1-7-2-9(14)5-10(3-7)17-12-11(15)4-8(13)6-16-12/h2-6H,1H3,(H,16,17). The molecule has 0 fully saturated rings. The maximum atomic E-state index is 13.4. The maximum Gasteiger partial charge on any atom is 0.167 e. The van der Waals surface area contributed by atoms with Crippen LogP contribution in [0.3, 0.4) is 0 Å². The molecule has 0 bridgehead atoms. The van der Waals surface area contributed by atoms with Gasteiger partial charge in [-0.2, -0.15) is 0 Å². The van der Waals surface area contributed by atoms with Gasteiger partial charge in [-0.15, -0.1) is 0 Å². The number of pyridine rings is 1. The Balaban J connectivity index is 2.31. The van der Waals surface area contributed by atoms with E-state index < -0.39 is 5.82 Å². The molecule has 2 nitrogen and oxygen atoms in total. The Morgan fingerprint density at radius 3 is 2.59 bits per heavy atom. The summed E-state index contributed by atoms with van der Waals surface area (Å²) < 4.78 is 26.6. The quantitative estimate of drug-likeness (QED) is 0.874. The van der Waals surface area contributed by atoms with Crippen molar-refractivity contribution < 1.29 is 8.78 Å². The van der Waals surface area contributed by atoms with E-state index in [0.29, 0.717) is 5.69 Å². The molecular formula is C12H9ClF2N2. The molecule has 0 radical (unpaired) electrons. The molecule has 0 saturated heterocycles. The minimum atomic E-state index is -0.584. The molecule has 0 amide bonds. The van der Waals surface area contributed by atoms with Crippen molar-refractivity contribution in [2.45, 2.75) is 6.92 Å². The summed E-state index contributed by atoms with van der Waals surface area (Å²) in [7, 11) is 0. The van der Waals surface area contributed by atoms with Crippen molar-refractivity contribution in [3.63, 3.8) is 0 Å². The van der Waals surface area contributed by atoms with Crippen LogP contribution < -0.4 is 5.32 Å². The van der Waals surface area contributed by atoms with Crippen molar-refractivity contribution in [3.8, 4) is 0 Å². The highest BCUT2D eigenvalue weighted by Gasteiger charge is 2.06. The zero-order chi connectivity index (χ0) is 12.4. The van der Waals surface area contributed by atoms with E-state index in [1.165, 1.54) is 18.3 Å². The molecule has 17 heavy (non-hydrogen) atoms. The van der Waals surface area contributed by atoms with E-state index in [0.717, 1.165) is 11.6 Å². The molecule has 0 aliphatic heterocycles. The van der Waals surface area contributed by atoms with Crippen LogP contribution in [0.25, 0.3) is 0 Å².